The van der Waals surface area contributed by atoms with Gasteiger partial charge in [-0.05, 0) is 0 Å². The van der Waals surface area contributed by atoms with Gasteiger partial charge in [0.1, 0.15) is 6.54 Å². The molecule has 1 heterocycles. The fraction of sp³-hybridized carbons (Fsp3) is 0.571. The van der Waals surface area contributed by atoms with E-state index in [0.717, 1.165) is 0 Å². The third-order valence-electron chi connectivity index (χ3n) is 1.40. The number of nitrogens with two attached hydrogens (primary N) is 1. The highest BCUT2D eigenvalue weighted by Crippen LogP contribution is 1.95. The first-order valence-electron chi connectivity index (χ1n) is 3.75. The Hall–Kier alpha value is -1.39. The average Bonchev–Trinajstić information content (AvgIpc) is 2.51. The van der Waals surface area contributed by atoms with Gasteiger partial charge in [0.05, 0.1) is 5.84 Å². The molecular formula is C7H12N4O. The van der Waals surface area contributed by atoms with Crippen LogP contribution in [0, 0.1) is 5.92 Å². The number of nitrogens with zero attached hydrogens (tertiary/aromatic N) is 3. The molecule has 0 saturated carbocycles. The maximum absolute atomic E-state index is 5.60. The molecule has 2 N–H and O–H groups in total. The quantitative estimate of drug-likeness (QED) is 0.529. The summed E-state index contributed by atoms with van der Waals surface area (Å²) < 4.78 is 4.54. The van der Waals surface area contributed by atoms with Crippen LogP contribution in [0.25, 0.3) is 0 Å². The largest absolute Gasteiger partial charge is 0.387 e. The molecule has 0 saturated heterocycles. The molecule has 0 aliphatic heterocycles. The van der Waals surface area contributed by atoms with Crippen LogP contribution in [-0.4, -0.2) is 16.0 Å². The summed E-state index contributed by atoms with van der Waals surface area (Å²) in [6, 6.07) is 0. The number of hydrogen-bond acceptors (Lipinski definition) is 4. The van der Waals surface area contributed by atoms with Crippen LogP contribution < -0.4 is 5.73 Å². The van der Waals surface area contributed by atoms with Crippen molar-refractivity contribution in [2.75, 3.05) is 0 Å². The summed E-state index contributed by atoms with van der Waals surface area (Å²) in [5.41, 5.74) is 5.60. The molecule has 0 aliphatic carbocycles. The summed E-state index contributed by atoms with van der Waals surface area (Å²) in [6.07, 6.45) is 1.27. The van der Waals surface area contributed by atoms with E-state index >= 15 is 0 Å². The average molecular weight is 168 g/mol. The molecular weight excluding hydrogens is 156 g/mol. The van der Waals surface area contributed by atoms with Gasteiger partial charge in [-0.2, -0.15) is 4.98 Å². The van der Waals surface area contributed by atoms with Gasteiger partial charge in [-0.25, -0.2) is 0 Å². The van der Waals surface area contributed by atoms with Gasteiger partial charge in [-0.1, -0.05) is 19.0 Å². The van der Waals surface area contributed by atoms with E-state index in [1.807, 2.05) is 13.8 Å². The third-order valence-corrected chi connectivity index (χ3v) is 1.40. The maximum atomic E-state index is 5.60. The third kappa shape index (κ3) is 2.34. The number of aliphatic imine (C=N–C) groups is 1. The van der Waals surface area contributed by atoms with E-state index in [1.54, 1.807) is 0 Å². The van der Waals surface area contributed by atoms with E-state index in [1.165, 1.54) is 6.39 Å². The molecule has 0 atom stereocenters. The van der Waals surface area contributed by atoms with Crippen molar-refractivity contribution in [1.29, 1.82) is 0 Å². The fourth-order valence-electron chi connectivity index (χ4n) is 0.607. The predicted octanol–water partition coefficient (Wildman–Crippen LogP) is 0.583. The van der Waals surface area contributed by atoms with E-state index in [4.69, 9.17) is 5.73 Å². The van der Waals surface area contributed by atoms with Crippen molar-refractivity contribution < 1.29 is 4.52 Å². The summed E-state index contributed by atoms with van der Waals surface area (Å²) in [4.78, 5) is 7.88. The summed E-state index contributed by atoms with van der Waals surface area (Å²) in [5.74, 6) is 1.43. The lowest BCUT2D eigenvalue weighted by Gasteiger charge is -2.01. The van der Waals surface area contributed by atoms with E-state index in [0.29, 0.717) is 18.2 Å². The highest BCUT2D eigenvalue weighted by atomic mass is 16.5. The normalized spacial score (nSPS) is 12.4. The molecule has 0 spiro atoms. The number of aromatic nitrogens is 2. The number of hydrogen-bond donors (Lipinski definition) is 1. The Morgan fingerprint density at radius 1 is 1.75 bits per heavy atom. The topological polar surface area (TPSA) is 77.3 Å². The first-order chi connectivity index (χ1) is 5.70. The molecule has 66 valence electrons. The SMILES string of the molecule is CC(C)C(N)=NCc1ncon1. The maximum Gasteiger partial charge on any atom is 0.213 e. The Balaban J connectivity index is 2.49. The van der Waals surface area contributed by atoms with Crippen molar-refractivity contribution in [3.63, 3.8) is 0 Å². The first-order valence-corrected chi connectivity index (χ1v) is 3.75. The van der Waals surface area contributed by atoms with Gasteiger partial charge in [0.15, 0.2) is 5.82 Å². The molecule has 1 aromatic heterocycles. The van der Waals surface area contributed by atoms with Crippen LogP contribution in [0.15, 0.2) is 15.9 Å². The zero-order chi connectivity index (χ0) is 8.97. The predicted molar refractivity (Wildman–Crippen MR) is 44.5 cm³/mol. The lowest BCUT2D eigenvalue weighted by atomic mass is 10.2. The first kappa shape index (κ1) is 8.70. The summed E-state index contributed by atoms with van der Waals surface area (Å²) in [7, 11) is 0. The lowest BCUT2D eigenvalue weighted by Crippen LogP contribution is -2.18. The Morgan fingerprint density at radius 2 is 2.50 bits per heavy atom. The van der Waals surface area contributed by atoms with Crippen molar-refractivity contribution in [3.8, 4) is 0 Å². The molecule has 0 radical (unpaired) electrons. The molecule has 5 nitrogen and oxygen atoms in total. The van der Waals surface area contributed by atoms with Crippen LogP contribution in [0.4, 0.5) is 0 Å². The number of amidine groups is 1. The van der Waals surface area contributed by atoms with Gasteiger partial charge in [-0.3, -0.25) is 4.99 Å². The van der Waals surface area contributed by atoms with E-state index in [-0.39, 0.29) is 5.92 Å². The molecule has 0 aliphatic rings. The molecule has 0 aromatic carbocycles. The molecule has 0 fully saturated rings. The van der Waals surface area contributed by atoms with Crippen LogP contribution in [0.2, 0.25) is 0 Å². The van der Waals surface area contributed by atoms with Gasteiger partial charge in [0.25, 0.3) is 0 Å². The standard InChI is InChI=1S/C7H12N4O/c1-5(2)7(8)9-3-6-10-4-12-11-6/h4-5H,3H2,1-2H3,(H2,8,9). The van der Waals surface area contributed by atoms with Crippen molar-refractivity contribution in [2.24, 2.45) is 16.6 Å². The van der Waals surface area contributed by atoms with Crippen LogP contribution in [-0.2, 0) is 6.54 Å². The van der Waals surface area contributed by atoms with Gasteiger partial charge in [-0.15, -0.1) is 0 Å². The molecule has 0 amide bonds. The number of rotatable bonds is 3. The van der Waals surface area contributed by atoms with Gasteiger partial charge in [0, 0.05) is 5.92 Å². The highest BCUT2D eigenvalue weighted by molar-refractivity contribution is 5.82. The molecule has 0 bridgehead atoms. The second-order valence-electron chi connectivity index (χ2n) is 2.74. The molecule has 12 heavy (non-hydrogen) atoms. The van der Waals surface area contributed by atoms with Crippen molar-refractivity contribution in [3.05, 3.63) is 12.2 Å². The summed E-state index contributed by atoms with van der Waals surface area (Å²) >= 11 is 0. The van der Waals surface area contributed by atoms with Gasteiger partial charge in [0.2, 0.25) is 6.39 Å². The molecule has 1 aromatic rings. The Morgan fingerprint density at radius 3 is 3.00 bits per heavy atom. The Bertz CT molecular complexity index is 252. The molecule has 1 rings (SSSR count). The van der Waals surface area contributed by atoms with Gasteiger partial charge >= 0.3 is 0 Å². The van der Waals surface area contributed by atoms with E-state index in [9.17, 15) is 0 Å². The minimum atomic E-state index is 0.261. The smallest absolute Gasteiger partial charge is 0.213 e. The van der Waals surface area contributed by atoms with E-state index < -0.39 is 0 Å². The highest BCUT2D eigenvalue weighted by Gasteiger charge is 2.00. The van der Waals surface area contributed by atoms with Crippen LogP contribution in [0.3, 0.4) is 0 Å². The Kier molecular flexibility index (Phi) is 2.79. The summed E-state index contributed by atoms with van der Waals surface area (Å²) in [6.45, 7) is 4.35. The Labute approximate surface area is 70.7 Å². The van der Waals surface area contributed by atoms with Gasteiger partial charge < -0.3 is 10.3 Å². The monoisotopic (exact) mass is 168 g/mol. The van der Waals surface area contributed by atoms with Crippen molar-refractivity contribution in [2.45, 2.75) is 20.4 Å². The second kappa shape index (κ2) is 3.85. The summed E-state index contributed by atoms with van der Waals surface area (Å²) in [5, 5.41) is 3.60. The molecule has 0 unspecified atom stereocenters. The second-order valence-corrected chi connectivity index (χ2v) is 2.74. The van der Waals surface area contributed by atoms with Crippen LogP contribution in [0.1, 0.15) is 19.7 Å². The van der Waals surface area contributed by atoms with Crippen LogP contribution >= 0.6 is 0 Å². The van der Waals surface area contributed by atoms with Crippen LogP contribution in [0.5, 0.6) is 0 Å². The lowest BCUT2D eigenvalue weighted by molar-refractivity contribution is 0.410. The fourth-order valence-corrected chi connectivity index (χ4v) is 0.607. The zero-order valence-electron chi connectivity index (χ0n) is 7.19. The minimum Gasteiger partial charge on any atom is -0.387 e. The molecule has 5 heteroatoms. The van der Waals surface area contributed by atoms with Crippen molar-refractivity contribution in [1.82, 2.24) is 10.1 Å². The van der Waals surface area contributed by atoms with Crippen molar-refractivity contribution >= 4 is 5.84 Å². The zero-order valence-corrected chi connectivity index (χ0v) is 7.19. The minimum absolute atomic E-state index is 0.261. The van der Waals surface area contributed by atoms with E-state index in [2.05, 4.69) is 19.7 Å².